The van der Waals surface area contributed by atoms with Gasteiger partial charge in [0, 0.05) is 36.1 Å². The van der Waals surface area contributed by atoms with Gasteiger partial charge in [0.05, 0.1) is 22.4 Å². The van der Waals surface area contributed by atoms with Gasteiger partial charge in [-0.25, -0.2) is 16.8 Å². The lowest BCUT2D eigenvalue weighted by Crippen LogP contribution is -2.44. The van der Waals surface area contributed by atoms with Crippen molar-refractivity contribution in [1.29, 1.82) is 5.41 Å². The molecule has 38 heavy (non-hydrogen) atoms. The van der Waals surface area contributed by atoms with Crippen LogP contribution in [-0.4, -0.2) is 67.8 Å². The van der Waals surface area contributed by atoms with E-state index in [1.54, 1.807) is 0 Å². The Labute approximate surface area is 217 Å². The van der Waals surface area contributed by atoms with E-state index < -0.39 is 36.0 Å². The molecule has 2 aliphatic rings. The van der Waals surface area contributed by atoms with Gasteiger partial charge in [0.15, 0.2) is 15.7 Å². The molecule has 2 aromatic rings. The van der Waals surface area contributed by atoms with Crippen molar-refractivity contribution in [3.05, 3.63) is 36.0 Å². The minimum atomic E-state index is -5.50. The molecule has 11 nitrogen and oxygen atoms in total. The van der Waals surface area contributed by atoms with Crippen LogP contribution in [-0.2, 0) is 19.7 Å². The summed E-state index contributed by atoms with van der Waals surface area (Å²) in [6.07, 6.45) is 5.12. The molecule has 1 amide bonds. The number of nitrogens with zero attached hydrogens (tertiary/aromatic N) is 2. The maximum absolute atomic E-state index is 12.8. The molecule has 1 aromatic heterocycles. The number of alkyl halides is 3. The molecule has 5 N–H and O–H groups in total. The molecule has 1 saturated heterocycles. The summed E-state index contributed by atoms with van der Waals surface area (Å²) in [5.41, 5.74) is 0.260. The van der Waals surface area contributed by atoms with E-state index in [9.17, 15) is 34.8 Å². The fourth-order valence-electron chi connectivity index (χ4n) is 4.93. The highest BCUT2D eigenvalue weighted by atomic mass is 32.2. The highest BCUT2D eigenvalue weighted by Crippen LogP contribution is 2.35. The van der Waals surface area contributed by atoms with Gasteiger partial charge in [0.25, 0.3) is 15.7 Å². The summed E-state index contributed by atoms with van der Waals surface area (Å²) in [6, 6.07) is 3.43. The highest BCUT2D eigenvalue weighted by molar-refractivity contribution is 7.92. The topological polar surface area (TPSA) is 177 Å². The standard InChI is InChI=1S/C22H27F3N6O5S2/c23-22(24,25)38(35,36)17-4-1-14(2-5-17)29-21-18(20(27)32)11-31(30-21)19-6-3-15(9-13(19)10-26)28-16-7-8-37(33,34)12-16/h1-2,4-5,10-11,13,15-16,19,26,28H,3,6-9,12H2,(H2,27,32)(H,29,30)/t13-,15?,16?,19+/m1/s1. The molecule has 1 saturated carbocycles. The average Bonchev–Trinajstić information content (AvgIpc) is 3.41. The first kappa shape index (κ1) is 28.0. The maximum atomic E-state index is 12.8. The number of halogens is 3. The zero-order chi connectivity index (χ0) is 27.9. The maximum Gasteiger partial charge on any atom is 0.501 e. The van der Waals surface area contributed by atoms with Crippen molar-refractivity contribution in [2.45, 2.75) is 54.2 Å². The van der Waals surface area contributed by atoms with Gasteiger partial charge in [-0.05, 0) is 49.9 Å². The van der Waals surface area contributed by atoms with Crippen molar-refractivity contribution in [3.8, 4) is 0 Å². The second kappa shape index (κ2) is 10.3. The monoisotopic (exact) mass is 576 g/mol. The van der Waals surface area contributed by atoms with Crippen LogP contribution in [0.2, 0.25) is 0 Å². The molecule has 2 heterocycles. The smallest absolute Gasteiger partial charge is 0.365 e. The number of hydrogen-bond acceptors (Lipinski definition) is 9. The van der Waals surface area contributed by atoms with E-state index in [1.807, 2.05) is 0 Å². The van der Waals surface area contributed by atoms with Crippen LogP contribution < -0.4 is 16.4 Å². The van der Waals surface area contributed by atoms with Gasteiger partial charge in [-0.3, -0.25) is 9.48 Å². The number of aromatic nitrogens is 2. The molecule has 0 radical (unpaired) electrons. The minimum absolute atomic E-state index is 0.0112. The average molecular weight is 577 g/mol. The van der Waals surface area contributed by atoms with E-state index in [1.165, 1.54) is 17.1 Å². The Balaban J connectivity index is 1.49. The predicted octanol–water partition coefficient (Wildman–Crippen LogP) is 2.16. The number of hydrogen-bond donors (Lipinski definition) is 4. The van der Waals surface area contributed by atoms with Crippen LogP contribution in [0.15, 0.2) is 35.4 Å². The zero-order valence-electron chi connectivity index (χ0n) is 20.0. The van der Waals surface area contributed by atoms with Crippen molar-refractivity contribution in [1.82, 2.24) is 15.1 Å². The number of sulfone groups is 2. The molecule has 4 rings (SSSR count). The van der Waals surface area contributed by atoms with Gasteiger partial charge in [0.1, 0.15) is 5.56 Å². The third kappa shape index (κ3) is 5.86. The Bertz CT molecular complexity index is 1420. The van der Waals surface area contributed by atoms with Gasteiger partial charge in [-0.2, -0.15) is 18.3 Å². The number of benzene rings is 1. The van der Waals surface area contributed by atoms with E-state index in [2.05, 4.69) is 15.7 Å². The van der Waals surface area contributed by atoms with E-state index in [-0.39, 0.29) is 52.6 Å². The van der Waals surface area contributed by atoms with Gasteiger partial charge < -0.3 is 21.8 Å². The number of anilines is 2. The van der Waals surface area contributed by atoms with Gasteiger partial charge in [0.2, 0.25) is 0 Å². The van der Waals surface area contributed by atoms with Crippen molar-refractivity contribution in [2.75, 3.05) is 16.8 Å². The zero-order valence-corrected chi connectivity index (χ0v) is 21.6. The predicted molar refractivity (Wildman–Crippen MR) is 133 cm³/mol. The van der Waals surface area contributed by atoms with Crippen molar-refractivity contribution in [2.24, 2.45) is 11.7 Å². The summed E-state index contributed by atoms with van der Waals surface area (Å²) in [6.45, 7) is 0. The summed E-state index contributed by atoms with van der Waals surface area (Å²) in [4.78, 5) is 11.1. The van der Waals surface area contributed by atoms with Crippen LogP contribution in [0.4, 0.5) is 24.7 Å². The van der Waals surface area contributed by atoms with Crippen LogP contribution in [0, 0.1) is 11.3 Å². The van der Waals surface area contributed by atoms with Crippen LogP contribution in [0.25, 0.3) is 0 Å². The molecule has 2 unspecified atom stereocenters. The van der Waals surface area contributed by atoms with Crippen molar-refractivity contribution >= 4 is 43.3 Å². The number of amides is 1. The number of rotatable bonds is 8. The molecule has 1 aromatic carbocycles. The first-order valence-electron chi connectivity index (χ1n) is 11.7. The lowest BCUT2D eigenvalue weighted by molar-refractivity contribution is -0.0436. The molecule has 0 spiro atoms. The Kier molecular flexibility index (Phi) is 7.60. The Morgan fingerprint density at radius 3 is 2.39 bits per heavy atom. The van der Waals surface area contributed by atoms with Gasteiger partial charge >= 0.3 is 5.51 Å². The van der Waals surface area contributed by atoms with Crippen LogP contribution in [0.3, 0.4) is 0 Å². The third-order valence-electron chi connectivity index (χ3n) is 6.85. The Hall–Kier alpha value is -2.98. The second-order valence-corrected chi connectivity index (χ2v) is 13.7. The molecule has 1 aliphatic heterocycles. The number of primary amides is 1. The molecule has 4 atom stereocenters. The molecule has 16 heteroatoms. The SMILES string of the molecule is N=C[C@H]1CC(NC2CCS(=O)(=O)C2)CC[C@@H]1n1cc(C(N)=O)c(Nc2ccc(S(=O)(=O)C(F)(F)F)cc2)n1. The fourth-order valence-corrected chi connectivity index (χ4v) is 7.38. The summed E-state index contributed by atoms with van der Waals surface area (Å²) in [5, 5.41) is 18.5. The first-order valence-corrected chi connectivity index (χ1v) is 15.0. The fraction of sp³-hybridized carbons (Fsp3) is 0.500. The highest BCUT2D eigenvalue weighted by Gasteiger charge is 2.46. The molecule has 1 aliphatic carbocycles. The third-order valence-corrected chi connectivity index (χ3v) is 10.1. The first-order chi connectivity index (χ1) is 17.7. The quantitative estimate of drug-likeness (QED) is 0.346. The Morgan fingerprint density at radius 2 is 1.84 bits per heavy atom. The summed E-state index contributed by atoms with van der Waals surface area (Å²) >= 11 is 0. The van der Waals surface area contributed by atoms with E-state index in [0.29, 0.717) is 25.7 Å². The van der Waals surface area contributed by atoms with Gasteiger partial charge in [-0.1, -0.05) is 0 Å². The van der Waals surface area contributed by atoms with Gasteiger partial charge in [-0.15, -0.1) is 0 Å². The van der Waals surface area contributed by atoms with E-state index in [0.717, 1.165) is 24.3 Å². The summed E-state index contributed by atoms with van der Waals surface area (Å²) in [7, 11) is -8.53. The molecule has 208 valence electrons. The minimum Gasteiger partial charge on any atom is -0.365 e. The lowest BCUT2D eigenvalue weighted by atomic mass is 9.82. The number of carbonyl (C=O) groups is 1. The second-order valence-electron chi connectivity index (χ2n) is 9.51. The molecular formula is C22H27F3N6O5S2. The largest absolute Gasteiger partial charge is 0.501 e. The van der Waals surface area contributed by atoms with Crippen LogP contribution in [0.1, 0.15) is 42.1 Å². The van der Waals surface area contributed by atoms with Crippen molar-refractivity contribution < 1.29 is 34.8 Å². The van der Waals surface area contributed by atoms with Crippen LogP contribution in [0.5, 0.6) is 0 Å². The molecule has 0 bridgehead atoms. The number of carbonyl (C=O) groups excluding carboxylic acids is 1. The number of nitrogens with one attached hydrogen (secondary N) is 3. The summed E-state index contributed by atoms with van der Waals surface area (Å²) in [5.74, 6) is -0.780. The normalized spacial score (nSPS) is 25.7. The Morgan fingerprint density at radius 1 is 1.16 bits per heavy atom. The molecular weight excluding hydrogens is 549 g/mol. The molecule has 2 fully saturated rings. The van der Waals surface area contributed by atoms with E-state index >= 15 is 0 Å². The lowest BCUT2D eigenvalue weighted by Gasteiger charge is -2.35. The number of nitrogens with two attached hydrogens (primary N) is 1. The van der Waals surface area contributed by atoms with Crippen LogP contribution >= 0.6 is 0 Å². The summed E-state index contributed by atoms with van der Waals surface area (Å²) < 4.78 is 86.6. The van der Waals surface area contributed by atoms with E-state index in [4.69, 9.17) is 11.1 Å². The van der Waals surface area contributed by atoms with Crippen molar-refractivity contribution in [3.63, 3.8) is 0 Å².